The standard InChI is InChI=1S/2C12H12N2.ClH/c2*1-8-10-7-6-9-4-2-3-5-11(9)12(10)14-13-8;/h2*2-5H,6-7H2,1H3,(H,13,14);1H. The average molecular weight is 405 g/mol. The highest BCUT2D eigenvalue weighted by Gasteiger charge is 2.24. The second-order valence-corrected chi connectivity index (χ2v) is 7.72. The van der Waals surface area contributed by atoms with Crippen LogP contribution in [0.15, 0.2) is 48.5 Å². The maximum absolute atomic E-state index is 4.37. The van der Waals surface area contributed by atoms with Crippen molar-refractivity contribution in [2.75, 3.05) is 0 Å². The number of aromatic amines is 3. The van der Waals surface area contributed by atoms with E-state index in [0.29, 0.717) is 0 Å². The zero-order valence-corrected chi connectivity index (χ0v) is 17.5. The van der Waals surface area contributed by atoms with Crippen LogP contribution >= 0.6 is 0 Å². The van der Waals surface area contributed by atoms with Crippen molar-refractivity contribution in [2.24, 2.45) is 0 Å². The van der Waals surface area contributed by atoms with Crippen LogP contribution in [0.5, 0.6) is 0 Å². The number of halogens is 1. The van der Waals surface area contributed by atoms with Crippen LogP contribution in [0.25, 0.3) is 22.5 Å². The van der Waals surface area contributed by atoms with Crippen LogP contribution in [0.4, 0.5) is 0 Å². The van der Waals surface area contributed by atoms with Gasteiger partial charge in [-0.3, -0.25) is 5.10 Å². The van der Waals surface area contributed by atoms with Crippen LogP contribution in [0.1, 0.15) is 33.6 Å². The lowest BCUT2D eigenvalue weighted by atomic mass is 9.89. The molecule has 0 bridgehead atoms. The largest absolute Gasteiger partial charge is 1.00 e. The van der Waals surface area contributed by atoms with Crippen molar-refractivity contribution in [2.45, 2.75) is 39.5 Å². The summed E-state index contributed by atoms with van der Waals surface area (Å²) >= 11 is 0. The molecule has 2 aliphatic rings. The van der Waals surface area contributed by atoms with Gasteiger partial charge in [-0.1, -0.05) is 42.5 Å². The minimum absolute atomic E-state index is 0. The molecule has 0 radical (unpaired) electrons. The second kappa shape index (κ2) is 7.88. The summed E-state index contributed by atoms with van der Waals surface area (Å²) in [4.78, 5) is 0. The monoisotopic (exact) mass is 404 g/mol. The molecule has 0 aliphatic heterocycles. The van der Waals surface area contributed by atoms with Gasteiger partial charge in [-0.25, -0.2) is 0 Å². The SMILES string of the molecule is Cc1[nH][nH+]c2c1CCc1ccccc1-2.Cc1[nH]nc2c1CCc1ccccc1-2.[Cl-]. The van der Waals surface area contributed by atoms with Gasteiger partial charge in [0.1, 0.15) is 0 Å². The van der Waals surface area contributed by atoms with Gasteiger partial charge in [-0.2, -0.15) is 10.2 Å². The Balaban J connectivity index is 0.000000137. The van der Waals surface area contributed by atoms with E-state index in [4.69, 9.17) is 0 Å². The molecule has 2 aromatic carbocycles. The van der Waals surface area contributed by atoms with E-state index in [1.54, 1.807) is 0 Å². The molecule has 0 spiro atoms. The molecule has 4 aromatic rings. The molecule has 5 heteroatoms. The van der Waals surface area contributed by atoms with Crippen LogP contribution in [-0.2, 0) is 25.7 Å². The molecular weight excluding hydrogens is 380 g/mol. The normalized spacial score (nSPS) is 13.0. The summed E-state index contributed by atoms with van der Waals surface area (Å²) in [7, 11) is 0. The Labute approximate surface area is 177 Å². The number of aryl methyl sites for hydroxylation is 4. The first-order chi connectivity index (χ1) is 13.7. The Hall–Kier alpha value is -2.85. The average Bonchev–Trinajstić information content (AvgIpc) is 3.32. The molecule has 2 aliphatic carbocycles. The molecule has 29 heavy (non-hydrogen) atoms. The van der Waals surface area contributed by atoms with E-state index in [-0.39, 0.29) is 12.4 Å². The lowest BCUT2D eigenvalue weighted by Gasteiger charge is -2.14. The quantitative estimate of drug-likeness (QED) is 0.457. The van der Waals surface area contributed by atoms with Gasteiger partial charge in [-0.05, 0) is 56.7 Å². The minimum atomic E-state index is 0. The molecule has 2 heterocycles. The van der Waals surface area contributed by atoms with E-state index in [0.717, 1.165) is 31.4 Å². The highest BCUT2D eigenvalue weighted by molar-refractivity contribution is 5.70. The van der Waals surface area contributed by atoms with E-state index < -0.39 is 0 Å². The Kier molecular flexibility index (Phi) is 5.29. The molecular formula is C24H25ClN4. The molecule has 0 saturated heterocycles. The van der Waals surface area contributed by atoms with Gasteiger partial charge >= 0.3 is 0 Å². The summed E-state index contributed by atoms with van der Waals surface area (Å²) in [5, 5.41) is 13.9. The topological polar surface area (TPSA) is 58.6 Å². The van der Waals surface area contributed by atoms with Gasteiger partial charge in [0.15, 0.2) is 0 Å². The van der Waals surface area contributed by atoms with E-state index in [1.807, 2.05) is 0 Å². The van der Waals surface area contributed by atoms with E-state index >= 15 is 0 Å². The van der Waals surface area contributed by atoms with Crippen LogP contribution in [0.3, 0.4) is 0 Å². The maximum atomic E-state index is 4.37. The molecule has 3 N–H and O–H groups in total. The highest BCUT2D eigenvalue weighted by atomic mass is 35.5. The van der Waals surface area contributed by atoms with Crippen molar-refractivity contribution in [1.82, 2.24) is 15.3 Å². The summed E-state index contributed by atoms with van der Waals surface area (Å²) in [6.07, 6.45) is 4.58. The first kappa shape index (κ1) is 19.5. The molecule has 2 aromatic heterocycles. The van der Waals surface area contributed by atoms with Crippen molar-refractivity contribution < 1.29 is 17.5 Å². The first-order valence-electron chi connectivity index (χ1n) is 10.0. The number of rotatable bonds is 0. The van der Waals surface area contributed by atoms with Crippen LogP contribution in [0, 0.1) is 13.8 Å². The number of nitrogens with zero attached hydrogens (tertiary/aromatic N) is 1. The van der Waals surface area contributed by atoms with Crippen LogP contribution in [0.2, 0.25) is 0 Å². The predicted molar refractivity (Wildman–Crippen MR) is 111 cm³/mol. The highest BCUT2D eigenvalue weighted by Crippen LogP contribution is 2.33. The van der Waals surface area contributed by atoms with Crippen LogP contribution < -0.4 is 17.5 Å². The molecule has 0 atom stereocenters. The van der Waals surface area contributed by atoms with E-state index in [1.165, 1.54) is 50.5 Å². The number of benzene rings is 2. The third-order valence-electron chi connectivity index (χ3n) is 6.05. The number of H-pyrrole nitrogens is 3. The predicted octanol–water partition coefficient (Wildman–Crippen LogP) is 1.39. The Morgan fingerprint density at radius 2 is 1.38 bits per heavy atom. The maximum Gasteiger partial charge on any atom is 0.239 e. The summed E-state index contributed by atoms with van der Waals surface area (Å²) in [5.41, 5.74) is 13.3. The molecule has 0 unspecified atom stereocenters. The van der Waals surface area contributed by atoms with Gasteiger partial charge < -0.3 is 12.4 Å². The molecule has 4 nitrogen and oxygen atoms in total. The third kappa shape index (κ3) is 3.38. The fourth-order valence-corrected chi connectivity index (χ4v) is 4.49. The van der Waals surface area contributed by atoms with E-state index in [9.17, 15) is 0 Å². The van der Waals surface area contributed by atoms with Crippen molar-refractivity contribution in [1.29, 1.82) is 0 Å². The first-order valence-corrected chi connectivity index (χ1v) is 10.0. The molecule has 0 saturated carbocycles. The lowest BCUT2D eigenvalue weighted by molar-refractivity contribution is -0.438. The van der Waals surface area contributed by atoms with Crippen molar-refractivity contribution >= 4 is 0 Å². The van der Waals surface area contributed by atoms with Gasteiger partial charge in [0.05, 0.1) is 22.5 Å². The fourth-order valence-electron chi connectivity index (χ4n) is 4.49. The van der Waals surface area contributed by atoms with Crippen molar-refractivity contribution in [3.63, 3.8) is 0 Å². The van der Waals surface area contributed by atoms with Gasteiger partial charge in [0.25, 0.3) is 0 Å². The summed E-state index contributed by atoms with van der Waals surface area (Å²) in [5.74, 6) is 0. The smallest absolute Gasteiger partial charge is 0.239 e. The third-order valence-corrected chi connectivity index (χ3v) is 6.05. The number of fused-ring (bicyclic) bond motifs is 6. The molecule has 6 rings (SSSR count). The zero-order chi connectivity index (χ0) is 19.1. The minimum Gasteiger partial charge on any atom is -1.00 e. The molecule has 0 fully saturated rings. The molecule has 0 amide bonds. The number of hydrogen-bond acceptors (Lipinski definition) is 1. The van der Waals surface area contributed by atoms with Crippen molar-refractivity contribution in [3.05, 3.63) is 82.2 Å². The molecule has 148 valence electrons. The number of hydrogen-bond donors (Lipinski definition) is 2. The Bertz CT molecular complexity index is 1060. The van der Waals surface area contributed by atoms with Gasteiger partial charge in [0, 0.05) is 16.8 Å². The summed E-state index contributed by atoms with van der Waals surface area (Å²) < 4.78 is 0. The van der Waals surface area contributed by atoms with Crippen molar-refractivity contribution in [3.8, 4) is 22.5 Å². The Morgan fingerprint density at radius 1 is 0.759 bits per heavy atom. The van der Waals surface area contributed by atoms with E-state index in [2.05, 4.69) is 82.8 Å². The zero-order valence-electron chi connectivity index (χ0n) is 16.8. The number of aromatic nitrogens is 4. The number of nitrogens with one attached hydrogen (secondary N) is 3. The lowest BCUT2D eigenvalue weighted by Crippen LogP contribution is -3.00. The van der Waals surface area contributed by atoms with Gasteiger partial charge in [0.2, 0.25) is 5.69 Å². The summed E-state index contributed by atoms with van der Waals surface area (Å²) in [6.45, 7) is 4.23. The summed E-state index contributed by atoms with van der Waals surface area (Å²) in [6, 6.07) is 17.2. The second-order valence-electron chi connectivity index (χ2n) is 7.72. The van der Waals surface area contributed by atoms with Crippen LogP contribution in [-0.4, -0.2) is 15.3 Å². The van der Waals surface area contributed by atoms with Gasteiger partial charge in [-0.15, -0.1) is 5.10 Å². The Morgan fingerprint density at radius 3 is 2.14 bits per heavy atom. The fraction of sp³-hybridized carbons (Fsp3) is 0.250.